The summed E-state index contributed by atoms with van der Waals surface area (Å²) in [5.74, 6) is 4.70. The number of aromatic hydroxyl groups is 1. The molecule has 13 heavy (non-hydrogen) atoms. The second-order valence-electron chi connectivity index (χ2n) is 2.41. The van der Waals surface area contributed by atoms with Gasteiger partial charge in [0.2, 0.25) is 0 Å². The highest BCUT2D eigenvalue weighted by atomic mass is 79.9. The Balaban J connectivity index is 2.81. The molecule has 0 amide bonds. The zero-order valence-electron chi connectivity index (χ0n) is 6.85. The first kappa shape index (κ1) is 10.1. The van der Waals surface area contributed by atoms with E-state index < -0.39 is 5.82 Å². The molecule has 1 aromatic rings. The van der Waals surface area contributed by atoms with Crippen molar-refractivity contribution in [2.45, 2.75) is 6.42 Å². The van der Waals surface area contributed by atoms with Crippen molar-refractivity contribution in [3.8, 4) is 17.6 Å². The van der Waals surface area contributed by atoms with Gasteiger partial charge in [-0.2, -0.15) is 0 Å². The molecule has 0 fully saturated rings. The van der Waals surface area contributed by atoms with Gasteiger partial charge < -0.3 is 5.11 Å². The molecular formula is C10H8BrFO. The molecule has 1 aromatic carbocycles. The Morgan fingerprint density at radius 2 is 2.23 bits per heavy atom. The fraction of sp³-hybridized carbons (Fsp3) is 0.200. The largest absolute Gasteiger partial charge is 0.505 e. The highest BCUT2D eigenvalue weighted by Gasteiger charge is 1.98. The topological polar surface area (TPSA) is 20.2 Å². The van der Waals surface area contributed by atoms with Crippen LogP contribution in [0.2, 0.25) is 0 Å². The second-order valence-corrected chi connectivity index (χ2v) is 3.20. The van der Waals surface area contributed by atoms with Gasteiger partial charge in [-0.05, 0) is 18.2 Å². The molecule has 0 atom stereocenters. The minimum Gasteiger partial charge on any atom is -0.505 e. The van der Waals surface area contributed by atoms with E-state index in [2.05, 4.69) is 27.8 Å². The van der Waals surface area contributed by atoms with Gasteiger partial charge in [-0.15, -0.1) is 0 Å². The summed E-state index contributed by atoms with van der Waals surface area (Å²) in [4.78, 5) is 0. The van der Waals surface area contributed by atoms with Crippen molar-refractivity contribution in [1.29, 1.82) is 0 Å². The number of halogens is 2. The molecule has 0 saturated heterocycles. The smallest absolute Gasteiger partial charge is 0.164 e. The first-order chi connectivity index (χ1) is 6.24. The SMILES string of the molecule is Oc1cc(C#CCCBr)ccc1F. The molecule has 0 aliphatic carbocycles. The Morgan fingerprint density at radius 3 is 2.85 bits per heavy atom. The number of hydrogen-bond donors (Lipinski definition) is 1. The predicted molar refractivity (Wildman–Crippen MR) is 53.4 cm³/mol. The zero-order chi connectivity index (χ0) is 9.68. The van der Waals surface area contributed by atoms with E-state index in [4.69, 9.17) is 5.11 Å². The summed E-state index contributed by atoms with van der Waals surface area (Å²) >= 11 is 3.24. The normalized spacial score (nSPS) is 9.08. The molecule has 0 bridgehead atoms. The summed E-state index contributed by atoms with van der Waals surface area (Å²) in [6.07, 6.45) is 0.734. The van der Waals surface area contributed by atoms with Crippen molar-refractivity contribution >= 4 is 15.9 Å². The van der Waals surface area contributed by atoms with Gasteiger partial charge in [0.15, 0.2) is 11.6 Å². The van der Waals surface area contributed by atoms with Crippen LogP contribution in [0.5, 0.6) is 5.75 Å². The standard InChI is InChI=1S/C10H8BrFO/c11-6-2-1-3-8-4-5-9(12)10(13)7-8/h4-5,7,13H,2,6H2. The number of rotatable bonds is 1. The highest BCUT2D eigenvalue weighted by Crippen LogP contribution is 2.15. The Morgan fingerprint density at radius 1 is 1.46 bits per heavy atom. The summed E-state index contributed by atoms with van der Waals surface area (Å²) < 4.78 is 12.6. The lowest BCUT2D eigenvalue weighted by atomic mass is 10.2. The molecule has 1 rings (SSSR count). The van der Waals surface area contributed by atoms with Crippen LogP contribution in [0, 0.1) is 17.7 Å². The average Bonchev–Trinajstić information content (AvgIpc) is 2.12. The number of alkyl halides is 1. The number of phenolic OH excluding ortho intramolecular Hbond substituents is 1. The van der Waals surface area contributed by atoms with Crippen LogP contribution in [0.15, 0.2) is 18.2 Å². The Bertz CT molecular complexity index is 352. The lowest BCUT2D eigenvalue weighted by Crippen LogP contribution is -1.79. The molecule has 0 spiro atoms. The summed E-state index contributed by atoms with van der Waals surface area (Å²) in [6.45, 7) is 0. The van der Waals surface area contributed by atoms with Gasteiger partial charge in [0.05, 0.1) is 0 Å². The van der Waals surface area contributed by atoms with Crippen LogP contribution < -0.4 is 0 Å². The molecule has 0 unspecified atom stereocenters. The average molecular weight is 243 g/mol. The van der Waals surface area contributed by atoms with Gasteiger partial charge in [0.1, 0.15) is 0 Å². The fourth-order valence-corrected chi connectivity index (χ4v) is 1.00. The van der Waals surface area contributed by atoms with Gasteiger partial charge >= 0.3 is 0 Å². The lowest BCUT2D eigenvalue weighted by Gasteiger charge is -1.94. The van der Waals surface area contributed by atoms with E-state index in [0.29, 0.717) is 5.56 Å². The van der Waals surface area contributed by atoms with Crippen molar-refractivity contribution in [3.05, 3.63) is 29.6 Å². The fourth-order valence-electron chi connectivity index (χ4n) is 0.802. The summed E-state index contributed by atoms with van der Waals surface area (Å²) in [5.41, 5.74) is 0.625. The predicted octanol–water partition coefficient (Wildman–Crippen LogP) is 2.67. The van der Waals surface area contributed by atoms with Gasteiger partial charge in [0, 0.05) is 17.3 Å². The molecule has 0 aliphatic heterocycles. The van der Waals surface area contributed by atoms with Crippen molar-refractivity contribution in [1.82, 2.24) is 0 Å². The summed E-state index contributed by atoms with van der Waals surface area (Å²) in [7, 11) is 0. The molecular weight excluding hydrogens is 235 g/mol. The summed E-state index contributed by atoms with van der Waals surface area (Å²) in [5, 5.41) is 9.82. The van der Waals surface area contributed by atoms with Gasteiger partial charge in [-0.3, -0.25) is 0 Å². The first-order valence-corrected chi connectivity index (χ1v) is 4.89. The van der Waals surface area contributed by atoms with E-state index >= 15 is 0 Å². The highest BCUT2D eigenvalue weighted by molar-refractivity contribution is 9.09. The van der Waals surface area contributed by atoms with Gasteiger partial charge in [0.25, 0.3) is 0 Å². The van der Waals surface area contributed by atoms with Crippen molar-refractivity contribution in [2.75, 3.05) is 5.33 Å². The zero-order valence-corrected chi connectivity index (χ0v) is 8.44. The van der Waals surface area contributed by atoms with Crippen LogP contribution in [0.25, 0.3) is 0 Å². The third-order valence-electron chi connectivity index (χ3n) is 1.40. The van der Waals surface area contributed by atoms with Crippen LogP contribution in [-0.4, -0.2) is 10.4 Å². The van der Waals surface area contributed by atoms with E-state index in [0.717, 1.165) is 11.8 Å². The van der Waals surface area contributed by atoms with Crippen molar-refractivity contribution in [3.63, 3.8) is 0 Å². The monoisotopic (exact) mass is 242 g/mol. The quantitative estimate of drug-likeness (QED) is 0.593. The maximum absolute atomic E-state index is 12.6. The molecule has 0 aromatic heterocycles. The van der Waals surface area contributed by atoms with Crippen LogP contribution in [-0.2, 0) is 0 Å². The maximum Gasteiger partial charge on any atom is 0.164 e. The van der Waals surface area contributed by atoms with Crippen LogP contribution in [0.1, 0.15) is 12.0 Å². The van der Waals surface area contributed by atoms with Crippen LogP contribution >= 0.6 is 15.9 Å². The van der Waals surface area contributed by atoms with E-state index in [1.165, 1.54) is 18.2 Å². The molecule has 0 heterocycles. The van der Waals surface area contributed by atoms with Crippen molar-refractivity contribution < 1.29 is 9.50 Å². The molecule has 1 N–H and O–H groups in total. The number of benzene rings is 1. The Kier molecular flexibility index (Phi) is 3.78. The summed E-state index contributed by atoms with van der Waals surface area (Å²) in [6, 6.07) is 4.06. The minimum atomic E-state index is -0.619. The second kappa shape index (κ2) is 4.88. The van der Waals surface area contributed by atoms with Gasteiger partial charge in [-0.25, -0.2) is 4.39 Å². The minimum absolute atomic E-state index is 0.356. The Hall–Kier alpha value is -1.01. The molecule has 0 radical (unpaired) electrons. The van der Waals surface area contributed by atoms with E-state index in [9.17, 15) is 4.39 Å². The van der Waals surface area contributed by atoms with Gasteiger partial charge in [-0.1, -0.05) is 27.8 Å². The van der Waals surface area contributed by atoms with Crippen LogP contribution in [0.4, 0.5) is 4.39 Å². The van der Waals surface area contributed by atoms with E-state index in [1.807, 2.05) is 0 Å². The first-order valence-electron chi connectivity index (χ1n) is 3.77. The Labute approximate surface area is 84.7 Å². The maximum atomic E-state index is 12.6. The van der Waals surface area contributed by atoms with E-state index in [1.54, 1.807) is 0 Å². The molecule has 0 saturated carbocycles. The molecule has 1 nitrogen and oxygen atoms in total. The van der Waals surface area contributed by atoms with E-state index in [-0.39, 0.29) is 5.75 Å². The lowest BCUT2D eigenvalue weighted by molar-refractivity contribution is 0.432. The number of phenols is 1. The van der Waals surface area contributed by atoms with Crippen LogP contribution in [0.3, 0.4) is 0 Å². The molecule has 3 heteroatoms. The third-order valence-corrected chi connectivity index (χ3v) is 1.79. The third kappa shape index (κ3) is 3.08. The number of hydrogen-bond acceptors (Lipinski definition) is 1. The molecule has 0 aliphatic rings. The molecule has 68 valence electrons. The van der Waals surface area contributed by atoms with Crippen molar-refractivity contribution in [2.24, 2.45) is 0 Å².